The highest BCUT2D eigenvalue weighted by atomic mass is 16.5. The van der Waals surface area contributed by atoms with Crippen LogP contribution < -0.4 is 10.6 Å². The molecule has 9 nitrogen and oxygen atoms in total. The summed E-state index contributed by atoms with van der Waals surface area (Å²) in [4.78, 5) is 63.1. The number of hydrogen-bond donors (Lipinski definition) is 2. The molecular weight excluding hydrogens is 390 g/mol. The van der Waals surface area contributed by atoms with Crippen molar-refractivity contribution in [2.75, 3.05) is 0 Å². The molecule has 30 heavy (non-hydrogen) atoms. The first-order valence-electron chi connectivity index (χ1n) is 9.81. The maximum absolute atomic E-state index is 12.8. The Bertz CT molecular complexity index is 829. The van der Waals surface area contributed by atoms with Crippen LogP contribution in [0.25, 0.3) is 0 Å². The molecule has 2 N–H and O–H groups in total. The van der Waals surface area contributed by atoms with Crippen molar-refractivity contribution in [3.8, 4) is 0 Å². The number of hydrogen-bond acceptors (Lipinski definition) is 6. The Morgan fingerprint density at radius 2 is 1.50 bits per heavy atom. The molecule has 0 unspecified atom stereocenters. The van der Waals surface area contributed by atoms with Gasteiger partial charge in [0.25, 0.3) is 17.7 Å². The van der Waals surface area contributed by atoms with Gasteiger partial charge in [0.05, 0.1) is 11.1 Å². The van der Waals surface area contributed by atoms with Crippen molar-refractivity contribution in [2.45, 2.75) is 59.2 Å². The second-order valence-corrected chi connectivity index (χ2v) is 7.87. The number of imide groups is 2. The second kappa shape index (κ2) is 9.51. The van der Waals surface area contributed by atoms with Gasteiger partial charge in [-0.2, -0.15) is 0 Å². The first kappa shape index (κ1) is 23.1. The third-order valence-electron chi connectivity index (χ3n) is 4.42. The number of nitrogens with one attached hydrogen (secondary N) is 2. The number of rotatable bonds is 7. The first-order chi connectivity index (χ1) is 14.0. The largest absolute Gasteiger partial charge is 0.451 e. The average Bonchev–Trinajstić information content (AvgIpc) is 2.89. The van der Waals surface area contributed by atoms with E-state index in [0.29, 0.717) is 0 Å². The van der Waals surface area contributed by atoms with E-state index < -0.39 is 41.9 Å². The lowest BCUT2D eigenvalue weighted by molar-refractivity contribution is -0.158. The minimum absolute atomic E-state index is 0.0344. The number of carbonyl (C=O) groups is 5. The number of carbonyl (C=O) groups excluding carboxylic acids is 5. The number of amides is 5. The van der Waals surface area contributed by atoms with Gasteiger partial charge in [-0.15, -0.1) is 0 Å². The quantitative estimate of drug-likeness (QED) is 0.516. The third kappa shape index (κ3) is 5.22. The fourth-order valence-electron chi connectivity index (χ4n) is 3.06. The fraction of sp³-hybridized carbons (Fsp3) is 0.476. The molecule has 0 radical (unpaired) electrons. The summed E-state index contributed by atoms with van der Waals surface area (Å²) in [6.07, 6.45) is -1.12. The Kier molecular flexibility index (Phi) is 7.31. The zero-order valence-electron chi connectivity index (χ0n) is 17.7. The maximum Gasteiger partial charge on any atom is 0.330 e. The van der Waals surface area contributed by atoms with Gasteiger partial charge in [0.15, 0.2) is 6.10 Å². The van der Waals surface area contributed by atoms with Crippen LogP contribution in [0.3, 0.4) is 0 Å². The lowest BCUT2D eigenvalue weighted by Gasteiger charge is -2.27. The van der Waals surface area contributed by atoms with Gasteiger partial charge in [-0.25, -0.2) is 9.59 Å². The van der Waals surface area contributed by atoms with E-state index in [2.05, 4.69) is 10.6 Å². The van der Waals surface area contributed by atoms with Crippen LogP contribution in [-0.2, 0) is 14.3 Å². The Morgan fingerprint density at radius 1 is 0.967 bits per heavy atom. The molecule has 0 aliphatic carbocycles. The molecule has 9 heteroatoms. The second-order valence-electron chi connectivity index (χ2n) is 7.87. The highest BCUT2D eigenvalue weighted by molar-refractivity contribution is 6.22. The van der Waals surface area contributed by atoms with Crippen molar-refractivity contribution >= 4 is 29.7 Å². The molecule has 0 saturated carbocycles. The Balaban J connectivity index is 2.15. The van der Waals surface area contributed by atoms with Gasteiger partial charge in [-0.05, 0) is 45.2 Å². The molecule has 0 spiro atoms. The molecule has 1 aliphatic heterocycles. The molecule has 1 aromatic rings. The highest BCUT2D eigenvalue weighted by Crippen LogP contribution is 2.27. The van der Waals surface area contributed by atoms with Crippen LogP contribution in [0.4, 0.5) is 4.79 Å². The summed E-state index contributed by atoms with van der Waals surface area (Å²) in [6.45, 7) is 8.44. The van der Waals surface area contributed by atoms with Crippen LogP contribution in [0, 0.1) is 5.92 Å². The summed E-state index contributed by atoms with van der Waals surface area (Å²) < 4.78 is 5.21. The monoisotopic (exact) mass is 417 g/mol. The number of benzene rings is 1. The van der Waals surface area contributed by atoms with E-state index in [4.69, 9.17) is 4.74 Å². The van der Waals surface area contributed by atoms with E-state index in [9.17, 15) is 24.0 Å². The van der Waals surface area contributed by atoms with Crippen molar-refractivity contribution in [1.29, 1.82) is 0 Å². The molecule has 1 heterocycles. The summed E-state index contributed by atoms with van der Waals surface area (Å²) in [5, 5.41) is 4.57. The minimum Gasteiger partial charge on any atom is -0.451 e. The fourth-order valence-corrected chi connectivity index (χ4v) is 3.06. The highest BCUT2D eigenvalue weighted by Gasteiger charge is 2.44. The summed E-state index contributed by atoms with van der Waals surface area (Å²) in [5.41, 5.74) is 0.445. The van der Waals surface area contributed by atoms with Gasteiger partial charge >= 0.3 is 12.0 Å². The molecule has 0 aromatic heterocycles. The lowest BCUT2D eigenvalue weighted by Crippen LogP contribution is -2.50. The topological polar surface area (TPSA) is 122 Å². The summed E-state index contributed by atoms with van der Waals surface area (Å²) >= 11 is 0. The molecule has 1 aromatic carbocycles. The van der Waals surface area contributed by atoms with Crippen LogP contribution in [0.15, 0.2) is 24.3 Å². The number of ether oxygens (including phenoxy) is 1. The zero-order valence-corrected chi connectivity index (χ0v) is 17.7. The summed E-state index contributed by atoms with van der Waals surface area (Å²) in [5.74, 6) is -2.89. The van der Waals surface area contributed by atoms with Gasteiger partial charge in [0, 0.05) is 6.04 Å². The molecule has 0 fully saturated rings. The minimum atomic E-state index is -1.29. The van der Waals surface area contributed by atoms with E-state index >= 15 is 0 Å². The maximum atomic E-state index is 12.8. The SMILES string of the molecule is CC(C)C[C@@H](C(=O)O[C@H](C)C(=O)NC(=O)NC(C)C)N1C(=O)c2ccccc2C1=O. The molecule has 2 atom stereocenters. The Morgan fingerprint density at radius 3 is 1.97 bits per heavy atom. The number of fused-ring (bicyclic) bond motifs is 1. The number of nitrogens with zero attached hydrogens (tertiary/aromatic N) is 1. The van der Waals surface area contributed by atoms with Crippen molar-refractivity contribution in [3.05, 3.63) is 35.4 Å². The molecule has 0 bridgehead atoms. The van der Waals surface area contributed by atoms with Gasteiger partial charge in [-0.3, -0.25) is 24.6 Å². The molecule has 2 rings (SSSR count). The van der Waals surface area contributed by atoms with Gasteiger partial charge in [0.1, 0.15) is 6.04 Å². The average molecular weight is 417 g/mol. The normalized spacial score (nSPS) is 15.1. The van der Waals surface area contributed by atoms with Crippen LogP contribution >= 0.6 is 0 Å². The number of esters is 1. The van der Waals surface area contributed by atoms with Gasteiger partial charge in [0.2, 0.25) is 0 Å². The first-order valence-corrected chi connectivity index (χ1v) is 9.81. The van der Waals surface area contributed by atoms with Crippen molar-refractivity contribution in [2.24, 2.45) is 5.92 Å². The number of urea groups is 1. The van der Waals surface area contributed by atoms with Crippen LogP contribution in [0.5, 0.6) is 0 Å². The molecule has 5 amide bonds. The van der Waals surface area contributed by atoms with Crippen molar-refractivity contribution in [3.63, 3.8) is 0 Å². The summed E-state index contributed by atoms with van der Waals surface area (Å²) in [6, 6.07) is 4.25. The Hall–Kier alpha value is -3.23. The van der Waals surface area contributed by atoms with Crippen molar-refractivity contribution < 1.29 is 28.7 Å². The van der Waals surface area contributed by atoms with E-state index in [0.717, 1.165) is 4.90 Å². The predicted octanol–water partition coefficient (Wildman–Crippen LogP) is 1.86. The summed E-state index contributed by atoms with van der Waals surface area (Å²) in [7, 11) is 0. The van der Waals surface area contributed by atoms with Crippen LogP contribution in [0.2, 0.25) is 0 Å². The van der Waals surface area contributed by atoms with E-state index in [1.54, 1.807) is 26.0 Å². The van der Waals surface area contributed by atoms with E-state index in [-0.39, 0.29) is 29.5 Å². The van der Waals surface area contributed by atoms with Crippen LogP contribution in [0.1, 0.15) is 61.8 Å². The molecule has 162 valence electrons. The smallest absolute Gasteiger partial charge is 0.330 e. The predicted molar refractivity (Wildman–Crippen MR) is 108 cm³/mol. The zero-order chi connectivity index (χ0) is 22.6. The van der Waals surface area contributed by atoms with Crippen LogP contribution in [-0.4, -0.2) is 52.8 Å². The van der Waals surface area contributed by atoms with Gasteiger partial charge < -0.3 is 10.1 Å². The lowest BCUT2D eigenvalue weighted by atomic mass is 10.0. The third-order valence-corrected chi connectivity index (χ3v) is 4.42. The Labute approximate surface area is 175 Å². The molecular formula is C21H27N3O6. The van der Waals surface area contributed by atoms with E-state index in [1.807, 2.05) is 13.8 Å². The van der Waals surface area contributed by atoms with E-state index in [1.165, 1.54) is 19.1 Å². The van der Waals surface area contributed by atoms with Crippen molar-refractivity contribution in [1.82, 2.24) is 15.5 Å². The molecule has 1 aliphatic rings. The standard InChI is InChI=1S/C21H27N3O6/c1-11(2)10-16(24-18(26)14-8-6-7-9-15(14)19(24)27)20(28)30-13(5)17(25)23-21(29)22-12(3)4/h6-9,11-13,16H,10H2,1-5H3,(H2,22,23,25,29)/t13-,16+/m1/s1. The van der Waals surface area contributed by atoms with Gasteiger partial charge in [-0.1, -0.05) is 26.0 Å². The molecule has 0 saturated heterocycles.